The van der Waals surface area contributed by atoms with Crippen molar-refractivity contribution in [3.8, 4) is 0 Å². The number of piperidine rings is 1. The molecule has 0 spiro atoms. The first-order chi connectivity index (χ1) is 10.9. The first kappa shape index (κ1) is 18.4. The summed E-state index contributed by atoms with van der Waals surface area (Å²) in [5.74, 6) is 0. The van der Waals surface area contributed by atoms with Gasteiger partial charge in [0, 0.05) is 42.9 Å². The molecule has 1 aromatic heterocycles. The molecule has 132 valence electrons. The van der Waals surface area contributed by atoms with Crippen LogP contribution >= 0.6 is 0 Å². The van der Waals surface area contributed by atoms with Crippen molar-refractivity contribution in [3.63, 3.8) is 0 Å². The molecular formula is C17H32N4O2. The van der Waals surface area contributed by atoms with E-state index < -0.39 is 0 Å². The molecule has 0 aliphatic carbocycles. The molecule has 0 radical (unpaired) electrons. The predicted octanol–water partition coefficient (Wildman–Crippen LogP) is 1.27. The molecule has 1 atom stereocenters. The number of aliphatic hydroxyl groups is 1. The van der Waals surface area contributed by atoms with Crippen molar-refractivity contribution in [1.29, 1.82) is 0 Å². The number of nitrogens with one attached hydrogen (secondary N) is 2. The number of hydrogen-bond acceptors (Lipinski definition) is 5. The SMILES string of the molecule is COCC(O)CN1CCC(NCc2cn[nH]c2C(C)(C)C)CC1. The van der Waals surface area contributed by atoms with Crippen molar-refractivity contribution >= 4 is 0 Å². The Kier molecular flexibility index (Phi) is 6.59. The van der Waals surface area contributed by atoms with Gasteiger partial charge in [0.25, 0.3) is 0 Å². The molecule has 1 aliphatic rings. The summed E-state index contributed by atoms with van der Waals surface area (Å²) in [5.41, 5.74) is 2.56. The second-order valence-electron chi connectivity index (χ2n) is 7.59. The number of likely N-dealkylation sites (tertiary alicyclic amines) is 1. The molecule has 1 saturated heterocycles. The number of hydrogen-bond donors (Lipinski definition) is 3. The largest absolute Gasteiger partial charge is 0.389 e. The summed E-state index contributed by atoms with van der Waals surface area (Å²) in [6.45, 7) is 10.6. The topological polar surface area (TPSA) is 73.4 Å². The van der Waals surface area contributed by atoms with E-state index in [1.165, 1.54) is 11.3 Å². The summed E-state index contributed by atoms with van der Waals surface area (Å²) in [4.78, 5) is 2.32. The van der Waals surface area contributed by atoms with Crippen molar-refractivity contribution in [1.82, 2.24) is 20.4 Å². The molecule has 6 heteroatoms. The van der Waals surface area contributed by atoms with E-state index in [9.17, 15) is 5.11 Å². The van der Waals surface area contributed by atoms with Crippen molar-refractivity contribution in [2.75, 3.05) is 33.4 Å². The Bertz CT molecular complexity index is 461. The number of rotatable bonds is 7. The van der Waals surface area contributed by atoms with Crippen LogP contribution in [-0.4, -0.2) is 65.7 Å². The maximum absolute atomic E-state index is 9.81. The Morgan fingerprint density at radius 1 is 1.43 bits per heavy atom. The molecule has 3 N–H and O–H groups in total. The van der Waals surface area contributed by atoms with E-state index in [4.69, 9.17) is 4.74 Å². The number of β-amino-alcohol motifs (C(OH)–C–C–N with tert-alkyl or cyclic N) is 1. The average molecular weight is 324 g/mol. The minimum atomic E-state index is -0.384. The maximum Gasteiger partial charge on any atom is 0.0900 e. The second-order valence-corrected chi connectivity index (χ2v) is 7.59. The molecule has 0 bridgehead atoms. The maximum atomic E-state index is 9.81. The number of aliphatic hydroxyl groups excluding tert-OH is 1. The normalized spacial score (nSPS) is 19.2. The van der Waals surface area contributed by atoms with Gasteiger partial charge in [0.15, 0.2) is 0 Å². The Morgan fingerprint density at radius 2 is 2.13 bits per heavy atom. The lowest BCUT2D eigenvalue weighted by atomic mass is 9.89. The fourth-order valence-electron chi connectivity index (χ4n) is 3.21. The van der Waals surface area contributed by atoms with Crippen molar-refractivity contribution < 1.29 is 9.84 Å². The van der Waals surface area contributed by atoms with E-state index in [1.54, 1.807) is 7.11 Å². The Hall–Kier alpha value is -0.950. The van der Waals surface area contributed by atoms with Crippen LogP contribution in [0.25, 0.3) is 0 Å². The monoisotopic (exact) mass is 324 g/mol. The van der Waals surface area contributed by atoms with E-state index in [0.29, 0.717) is 19.2 Å². The van der Waals surface area contributed by atoms with Crippen LogP contribution in [0, 0.1) is 0 Å². The highest BCUT2D eigenvalue weighted by molar-refractivity contribution is 5.23. The lowest BCUT2D eigenvalue weighted by Crippen LogP contribution is -2.45. The van der Waals surface area contributed by atoms with E-state index >= 15 is 0 Å². The minimum Gasteiger partial charge on any atom is -0.389 e. The molecule has 0 amide bonds. The molecular weight excluding hydrogens is 292 g/mol. The molecule has 1 aliphatic heterocycles. The summed E-state index contributed by atoms with van der Waals surface area (Å²) in [7, 11) is 1.63. The van der Waals surface area contributed by atoms with Gasteiger partial charge in [-0.15, -0.1) is 0 Å². The highest BCUT2D eigenvalue weighted by Gasteiger charge is 2.23. The first-order valence-corrected chi connectivity index (χ1v) is 8.55. The smallest absolute Gasteiger partial charge is 0.0900 e. The molecule has 23 heavy (non-hydrogen) atoms. The standard InChI is InChI=1S/C17H32N4O2/c1-17(2,3)16-13(10-19-20-16)9-18-14-5-7-21(8-6-14)11-15(22)12-23-4/h10,14-15,18,22H,5-9,11-12H2,1-4H3,(H,19,20). The van der Waals surface area contributed by atoms with Gasteiger partial charge in [-0.25, -0.2) is 0 Å². The van der Waals surface area contributed by atoms with Gasteiger partial charge in [0.05, 0.1) is 18.9 Å². The summed E-state index contributed by atoms with van der Waals surface area (Å²) in [6.07, 6.45) is 3.78. The number of H-pyrrole nitrogens is 1. The number of aromatic amines is 1. The third-order valence-corrected chi connectivity index (χ3v) is 4.46. The molecule has 1 fully saturated rings. The van der Waals surface area contributed by atoms with Crippen molar-refractivity contribution in [2.24, 2.45) is 0 Å². The van der Waals surface area contributed by atoms with Gasteiger partial charge in [-0.3, -0.25) is 5.10 Å². The lowest BCUT2D eigenvalue weighted by Gasteiger charge is -2.33. The third-order valence-electron chi connectivity index (χ3n) is 4.46. The summed E-state index contributed by atoms with van der Waals surface area (Å²) < 4.78 is 4.99. The van der Waals surface area contributed by atoms with Crippen LogP contribution in [0.2, 0.25) is 0 Å². The quantitative estimate of drug-likeness (QED) is 0.704. The van der Waals surface area contributed by atoms with E-state index in [1.807, 2.05) is 6.20 Å². The Balaban J connectivity index is 1.74. The van der Waals surface area contributed by atoms with Crippen LogP contribution in [0.3, 0.4) is 0 Å². The van der Waals surface area contributed by atoms with E-state index in [2.05, 4.69) is 41.2 Å². The minimum absolute atomic E-state index is 0.0916. The summed E-state index contributed by atoms with van der Waals surface area (Å²) >= 11 is 0. The van der Waals surface area contributed by atoms with Crippen molar-refractivity contribution in [2.45, 2.75) is 57.7 Å². The first-order valence-electron chi connectivity index (χ1n) is 8.55. The molecule has 0 saturated carbocycles. The van der Waals surface area contributed by atoms with Crippen LogP contribution in [0.4, 0.5) is 0 Å². The average Bonchev–Trinajstić information content (AvgIpc) is 2.95. The predicted molar refractivity (Wildman–Crippen MR) is 91.5 cm³/mol. The number of nitrogens with zero attached hydrogens (tertiary/aromatic N) is 2. The second kappa shape index (κ2) is 8.24. The zero-order valence-corrected chi connectivity index (χ0v) is 14.9. The van der Waals surface area contributed by atoms with Gasteiger partial charge in [-0.2, -0.15) is 5.10 Å². The van der Waals surface area contributed by atoms with Gasteiger partial charge in [0.2, 0.25) is 0 Å². The number of ether oxygens (including phenoxy) is 1. The molecule has 2 rings (SSSR count). The summed E-state index contributed by atoms with van der Waals surface area (Å²) in [5, 5.41) is 20.8. The fraction of sp³-hybridized carbons (Fsp3) is 0.824. The van der Waals surface area contributed by atoms with Crippen LogP contribution in [0.15, 0.2) is 6.20 Å². The van der Waals surface area contributed by atoms with Gasteiger partial charge >= 0.3 is 0 Å². The van der Waals surface area contributed by atoms with E-state index in [-0.39, 0.29) is 11.5 Å². The number of aromatic nitrogens is 2. The fourth-order valence-corrected chi connectivity index (χ4v) is 3.21. The van der Waals surface area contributed by atoms with Crippen LogP contribution in [0.5, 0.6) is 0 Å². The zero-order valence-electron chi connectivity index (χ0n) is 14.9. The van der Waals surface area contributed by atoms with Crippen LogP contribution in [-0.2, 0) is 16.7 Å². The van der Waals surface area contributed by atoms with Gasteiger partial charge in [-0.05, 0) is 25.9 Å². The van der Waals surface area contributed by atoms with Gasteiger partial charge in [0.1, 0.15) is 0 Å². The highest BCUT2D eigenvalue weighted by Crippen LogP contribution is 2.23. The molecule has 1 aromatic rings. The lowest BCUT2D eigenvalue weighted by molar-refractivity contribution is 0.0310. The number of methoxy groups -OCH3 is 1. The van der Waals surface area contributed by atoms with E-state index in [0.717, 1.165) is 32.5 Å². The molecule has 0 aromatic carbocycles. The Morgan fingerprint density at radius 3 is 2.74 bits per heavy atom. The van der Waals surface area contributed by atoms with Gasteiger partial charge < -0.3 is 20.1 Å². The third kappa shape index (κ3) is 5.57. The molecule has 6 nitrogen and oxygen atoms in total. The van der Waals surface area contributed by atoms with Crippen LogP contribution in [0.1, 0.15) is 44.9 Å². The van der Waals surface area contributed by atoms with Gasteiger partial charge in [-0.1, -0.05) is 20.8 Å². The highest BCUT2D eigenvalue weighted by atomic mass is 16.5. The van der Waals surface area contributed by atoms with Crippen molar-refractivity contribution in [3.05, 3.63) is 17.5 Å². The molecule has 1 unspecified atom stereocenters. The zero-order chi connectivity index (χ0) is 16.9. The molecule has 2 heterocycles. The van der Waals surface area contributed by atoms with Crippen LogP contribution < -0.4 is 5.32 Å². The Labute approximate surface area is 139 Å². The summed E-state index contributed by atoms with van der Waals surface area (Å²) in [6, 6.07) is 0.536.